The number of guanidine groups is 1. The van der Waals surface area contributed by atoms with Crippen LogP contribution >= 0.6 is 0 Å². The van der Waals surface area contributed by atoms with Gasteiger partial charge >= 0.3 is 0 Å². The molecule has 5 nitrogen and oxygen atoms in total. The summed E-state index contributed by atoms with van der Waals surface area (Å²) < 4.78 is 0. The topological polar surface area (TPSA) is 70.9 Å². The fourth-order valence-electron chi connectivity index (χ4n) is 1.83. The maximum atomic E-state index is 5.26. The van der Waals surface area contributed by atoms with Crippen molar-refractivity contribution in [2.24, 2.45) is 16.5 Å². The molecule has 0 bridgehead atoms. The molecule has 0 atom stereocenters. The van der Waals surface area contributed by atoms with Crippen LogP contribution in [0.5, 0.6) is 0 Å². The summed E-state index contributed by atoms with van der Waals surface area (Å²) in [7, 11) is 2.18. The van der Waals surface area contributed by atoms with Crippen LogP contribution in [0.3, 0.4) is 0 Å². The number of nitrogens with two attached hydrogens (primary N) is 2. The number of likely N-dealkylation sites (N-methyl/N-ethyl adjacent to an activating group) is 1. The molecule has 0 aromatic carbocycles. The van der Waals surface area contributed by atoms with Crippen LogP contribution in [-0.4, -0.2) is 62.1 Å². The second-order valence-electron chi connectivity index (χ2n) is 4.16. The maximum Gasteiger partial charge on any atom is 0.185 e. The van der Waals surface area contributed by atoms with Crippen molar-refractivity contribution in [2.45, 2.75) is 12.8 Å². The summed E-state index contributed by atoms with van der Waals surface area (Å²) in [5.41, 5.74) is 10.5. The highest BCUT2D eigenvalue weighted by Crippen LogP contribution is 2.01. The van der Waals surface area contributed by atoms with Crippen LogP contribution in [0.25, 0.3) is 0 Å². The Hall–Kier alpha value is -0.810. The van der Waals surface area contributed by atoms with Crippen molar-refractivity contribution in [2.75, 3.05) is 46.3 Å². The van der Waals surface area contributed by atoms with Gasteiger partial charge in [0.05, 0.1) is 0 Å². The molecule has 0 spiro atoms. The summed E-state index contributed by atoms with van der Waals surface area (Å²) >= 11 is 0. The number of aliphatic imine (C=N–C) groups is 1. The largest absolute Gasteiger partial charge is 0.370 e. The minimum Gasteiger partial charge on any atom is -0.370 e. The summed E-state index contributed by atoms with van der Waals surface area (Å²) in [6.07, 6.45) is 2.31. The van der Waals surface area contributed by atoms with E-state index in [2.05, 4.69) is 21.8 Å². The Labute approximate surface area is 92.1 Å². The normalized spacial score (nSPS) is 19.8. The lowest BCUT2D eigenvalue weighted by Crippen LogP contribution is -2.30. The molecule has 1 heterocycles. The SMILES string of the molecule is CN1CCCN(CCCN=C(N)N)CC1. The van der Waals surface area contributed by atoms with Crippen molar-refractivity contribution in [3.63, 3.8) is 0 Å². The van der Waals surface area contributed by atoms with E-state index < -0.39 is 0 Å². The molecule has 0 unspecified atom stereocenters. The maximum absolute atomic E-state index is 5.26. The van der Waals surface area contributed by atoms with Gasteiger partial charge in [-0.25, -0.2) is 0 Å². The summed E-state index contributed by atoms with van der Waals surface area (Å²) in [4.78, 5) is 8.86. The van der Waals surface area contributed by atoms with E-state index in [0.717, 1.165) is 19.5 Å². The molecule has 5 heteroatoms. The standard InChI is InChI=1S/C10H23N5/c1-14-5-3-7-15(9-8-14)6-2-4-13-10(11)12/h2-9H2,1H3,(H4,11,12,13). The van der Waals surface area contributed by atoms with Crippen LogP contribution in [0.4, 0.5) is 0 Å². The van der Waals surface area contributed by atoms with Gasteiger partial charge in [0.1, 0.15) is 0 Å². The Kier molecular flexibility index (Phi) is 5.42. The smallest absolute Gasteiger partial charge is 0.185 e. The zero-order valence-electron chi connectivity index (χ0n) is 9.65. The number of nitrogens with zero attached hydrogens (tertiary/aromatic N) is 3. The third-order valence-electron chi connectivity index (χ3n) is 2.74. The predicted molar refractivity (Wildman–Crippen MR) is 63.8 cm³/mol. The van der Waals surface area contributed by atoms with E-state index in [1.807, 2.05) is 0 Å². The van der Waals surface area contributed by atoms with Crippen LogP contribution in [0, 0.1) is 0 Å². The van der Waals surface area contributed by atoms with Crippen molar-refractivity contribution in [3.05, 3.63) is 0 Å². The Bertz CT molecular complexity index is 200. The average Bonchev–Trinajstić information content (AvgIpc) is 2.38. The number of rotatable bonds is 4. The van der Waals surface area contributed by atoms with Gasteiger partial charge < -0.3 is 21.3 Å². The van der Waals surface area contributed by atoms with Crippen LogP contribution in [-0.2, 0) is 0 Å². The Morgan fingerprint density at radius 2 is 2.00 bits per heavy atom. The molecule has 1 aliphatic heterocycles. The van der Waals surface area contributed by atoms with E-state index in [4.69, 9.17) is 11.5 Å². The first-order valence-electron chi connectivity index (χ1n) is 5.65. The summed E-state index contributed by atoms with van der Waals surface area (Å²) in [5, 5.41) is 0. The zero-order chi connectivity index (χ0) is 11.1. The van der Waals surface area contributed by atoms with Gasteiger partial charge in [-0.3, -0.25) is 4.99 Å². The summed E-state index contributed by atoms with van der Waals surface area (Å²) in [5.74, 6) is 0.200. The van der Waals surface area contributed by atoms with Gasteiger partial charge in [-0.15, -0.1) is 0 Å². The molecule has 0 aromatic heterocycles. The van der Waals surface area contributed by atoms with Gasteiger partial charge in [0.25, 0.3) is 0 Å². The molecule has 1 fully saturated rings. The lowest BCUT2D eigenvalue weighted by molar-refractivity contribution is 0.275. The zero-order valence-corrected chi connectivity index (χ0v) is 9.65. The van der Waals surface area contributed by atoms with Crippen LogP contribution in [0.15, 0.2) is 4.99 Å². The fourth-order valence-corrected chi connectivity index (χ4v) is 1.83. The summed E-state index contributed by atoms with van der Waals surface area (Å²) in [6.45, 7) is 6.59. The molecule has 1 saturated heterocycles. The predicted octanol–water partition coefficient (Wildman–Crippen LogP) is -0.713. The van der Waals surface area contributed by atoms with Gasteiger partial charge in [-0.05, 0) is 39.5 Å². The first-order valence-corrected chi connectivity index (χ1v) is 5.65. The quantitative estimate of drug-likeness (QED) is 0.367. The van der Waals surface area contributed by atoms with Gasteiger partial charge in [0.2, 0.25) is 0 Å². The molecule has 0 saturated carbocycles. The molecule has 4 N–H and O–H groups in total. The second kappa shape index (κ2) is 6.63. The second-order valence-corrected chi connectivity index (χ2v) is 4.16. The van der Waals surface area contributed by atoms with Gasteiger partial charge in [0, 0.05) is 19.6 Å². The molecular formula is C10H23N5. The van der Waals surface area contributed by atoms with Crippen molar-refractivity contribution >= 4 is 5.96 Å². The average molecular weight is 213 g/mol. The lowest BCUT2D eigenvalue weighted by Gasteiger charge is -2.19. The minimum atomic E-state index is 0.200. The third-order valence-corrected chi connectivity index (χ3v) is 2.74. The molecule has 0 aliphatic carbocycles. The molecular weight excluding hydrogens is 190 g/mol. The first-order chi connectivity index (χ1) is 7.18. The Morgan fingerprint density at radius 1 is 1.20 bits per heavy atom. The van der Waals surface area contributed by atoms with Crippen molar-refractivity contribution in [3.8, 4) is 0 Å². The van der Waals surface area contributed by atoms with E-state index >= 15 is 0 Å². The number of hydrogen-bond acceptors (Lipinski definition) is 3. The van der Waals surface area contributed by atoms with Crippen molar-refractivity contribution < 1.29 is 0 Å². The number of hydrogen-bond donors (Lipinski definition) is 2. The molecule has 1 aliphatic rings. The van der Waals surface area contributed by atoms with Crippen molar-refractivity contribution in [1.29, 1.82) is 0 Å². The molecule has 0 aromatic rings. The van der Waals surface area contributed by atoms with Gasteiger partial charge in [0.15, 0.2) is 5.96 Å². The third kappa shape index (κ3) is 5.59. The van der Waals surface area contributed by atoms with E-state index in [1.165, 1.54) is 32.6 Å². The van der Waals surface area contributed by atoms with Gasteiger partial charge in [-0.2, -0.15) is 0 Å². The summed E-state index contributed by atoms with van der Waals surface area (Å²) in [6, 6.07) is 0. The van der Waals surface area contributed by atoms with E-state index in [0.29, 0.717) is 0 Å². The molecule has 1 rings (SSSR count). The van der Waals surface area contributed by atoms with Crippen molar-refractivity contribution in [1.82, 2.24) is 9.80 Å². The molecule has 0 radical (unpaired) electrons. The van der Waals surface area contributed by atoms with E-state index in [9.17, 15) is 0 Å². The van der Waals surface area contributed by atoms with Crippen LogP contribution < -0.4 is 11.5 Å². The van der Waals surface area contributed by atoms with Gasteiger partial charge in [-0.1, -0.05) is 0 Å². The van der Waals surface area contributed by atoms with Crippen LogP contribution in [0.2, 0.25) is 0 Å². The fraction of sp³-hybridized carbons (Fsp3) is 0.900. The minimum absolute atomic E-state index is 0.200. The monoisotopic (exact) mass is 213 g/mol. The Balaban J connectivity index is 2.12. The van der Waals surface area contributed by atoms with Crippen LogP contribution in [0.1, 0.15) is 12.8 Å². The highest BCUT2D eigenvalue weighted by molar-refractivity contribution is 5.75. The van der Waals surface area contributed by atoms with E-state index in [-0.39, 0.29) is 5.96 Å². The lowest BCUT2D eigenvalue weighted by atomic mass is 10.3. The Morgan fingerprint density at radius 3 is 2.73 bits per heavy atom. The molecule has 15 heavy (non-hydrogen) atoms. The van der Waals surface area contributed by atoms with E-state index in [1.54, 1.807) is 0 Å². The highest BCUT2D eigenvalue weighted by atomic mass is 15.2. The first kappa shape index (κ1) is 12.3. The molecule has 0 amide bonds. The highest BCUT2D eigenvalue weighted by Gasteiger charge is 2.10. The molecule has 88 valence electrons.